The zero-order valence-electron chi connectivity index (χ0n) is 10.6. The fourth-order valence-corrected chi connectivity index (χ4v) is 2.73. The summed E-state index contributed by atoms with van der Waals surface area (Å²) in [4.78, 5) is 40.2. The number of carboxylic acid groups (broad SMARTS) is 1. The van der Waals surface area contributed by atoms with Crippen LogP contribution in [0.15, 0.2) is 0 Å². The molecule has 1 saturated carbocycles. The molecule has 1 aliphatic heterocycles. The standard InChI is InChI=1S/C12H18N2O5/c15-10-5-8(12(18)13-19-7-11(16)17)6-14(10)9-3-1-2-4-9/h8-9H,1-7H2,(H,13,18)(H,16,17). The molecule has 0 aromatic heterocycles. The first-order valence-electron chi connectivity index (χ1n) is 6.51. The van der Waals surface area contributed by atoms with Crippen LogP contribution in [-0.2, 0) is 19.2 Å². The molecule has 106 valence electrons. The quantitative estimate of drug-likeness (QED) is 0.681. The first-order valence-corrected chi connectivity index (χ1v) is 6.51. The van der Waals surface area contributed by atoms with Crippen LogP contribution in [0, 0.1) is 5.92 Å². The van der Waals surface area contributed by atoms with Crippen molar-refractivity contribution in [2.24, 2.45) is 5.92 Å². The van der Waals surface area contributed by atoms with Gasteiger partial charge in [-0.25, -0.2) is 10.3 Å². The molecule has 1 saturated heterocycles. The lowest BCUT2D eigenvalue weighted by molar-refractivity contribution is -0.150. The van der Waals surface area contributed by atoms with Gasteiger partial charge in [-0.1, -0.05) is 12.8 Å². The van der Waals surface area contributed by atoms with E-state index in [1.807, 2.05) is 0 Å². The van der Waals surface area contributed by atoms with Crippen LogP contribution in [0.5, 0.6) is 0 Å². The maximum atomic E-state index is 11.9. The lowest BCUT2D eigenvalue weighted by Gasteiger charge is -2.23. The number of carbonyl (C=O) groups excluding carboxylic acids is 2. The lowest BCUT2D eigenvalue weighted by atomic mass is 10.1. The minimum absolute atomic E-state index is 0.00489. The van der Waals surface area contributed by atoms with E-state index in [-0.39, 0.29) is 18.4 Å². The Balaban J connectivity index is 1.80. The molecule has 2 rings (SSSR count). The van der Waals surface area contributed by atoms with Crippen LogP contribution in [0.3, 0.4) is 0 Å². The fourth-order valence-electron chi connectivity index (χ4n) is 2.73. The number of rotatable bonds is 5. The van der Waals surface area contributed by atoms with E-state index in [4.69, 9.17) is 5.11 Å². The Morgan fingerprint density at radius 1 is 1.37 bits per heavy atom. The number of hydrogen-bond donors (Lipinski definition) is 2. The van der Waals surface area contributed by atoms with Crippen LogP contribution in [0.1, 0.15) is 32.1 Å². The van der Waals surface area contributed by atoms with E-state index in [9.17, 15) is 14.4 Å². The van der Waals surface area contributed by atoms with Crippen molar-refractivity contribution < 1.29 is 24.3 Å². The average molecular weight is 270 g/mol. The van der Waals surface area contributed by atoms with E-state index in [0.717, 1.165) is 25.7 Å². The van der Waals surface area contributed by atoms with Crippen molar-refractivity contribution in [3.63, 3.8) is 0 Å². The third-order valence-electron chi connectivity index (χ3n) is 3.66. The molecule has 1 aliphatic carbocycles. The van der Waals surface area contributed by atoms with Crippen LogP contribution in [-0.4, -0.2) is 47.0 Å². The van der Waals surface area contributed by atoms with Crippen LogP contribution in [0.4, 0.5) is 0 Å². The van der Waals surface area contributed by atoms with Crippen molar-refractivity contribution in [1.82, 2.24) is 10.4 Å². The SMILES string of the molecule is O=C(O)CONC(=O)C1CC(=O)N(C2CCCC2)C1. The van der Waals surface area contributed by atoms with Crippen molar-refractivity contribution in [3.8, 4) is 0 Å². The molecular weight excluding hydrogens is 252 g/mol. The Morgan fingerprint density at radius 3 is 2.68 bits per heavy atom. The summed E-state index contributed by atoms with van der Waals surface area (Å²) < 4.78 is 0. The summed E-state index contributed by atoms with van der Waals surface area (Å²) in [5, 5.41) is 8.38. The van der Waals surface area contributed by atoms with Gasteiger partial charge in [-0.3, -0.25) is 14.4 Å². The molecule has 2 N–H and O–H groups in total. The summed E-state index contributed by atoms with van der Waals surface area (Å²) in [6, 6.07) is 0.269. The number of carbonyl (C=O) groups is 3. The predicted molar refractivity (Wildman–Crippen MR) is 63.8 cm³/mol. The second kappa shape index (κ2) is 6.01. The molecule has 1 unspecified atom stereocenters. The van der Waals surface area contributed by atoms with Gasteiger partial charge in [-0.15, -0.1) is 0 Å². The van der Waals surface area contributed by atoms with Gasteiger partial charge < -0.3 is 10.0 Å². The number of nitrogens with zero attached hydrogens (tertiary/aromatic N) is 1. The van der Waals surface area contributed by atoms with Gasteiger partial charge in [0.1, 0.15) is 0 Å². The Morgan fingerprint density at radius 2 is 2.05 bits per heavy atom. The van der Waals surface area contributed by atoms with E-state index < -0.39 is 24.4 Å². The smallest absolute Gasteiger partial charge is 0.332 e. The molecular formula is C12H18N2O5. The molecule has 0 aromatic rings. The Bertz CT molecular complexity index is 378. The maximum Gasteiger partial charge on any atom is 0.332 e. The van der Waals surface area contributed by atoms with E-state index in [1.54, 1.807) is 4.90 Å². The zero-order valence-corrected chi connectivity index (χ0v) is 10.6. The first-order chi connectivity index (χ1) is 9.08. The highest BCUT2D eigenvalue weighted by atomic mass is 16.7. The number of hydroxylamine groups is 1. The Kier molecular flexibility index (Phi) is 4.36. The van der Waals surface area contributed by atoms with E-state index in [0.29, 0.717) is 6.54 Å². The molecule has 2 amide bonds. The highest BCUT2D eigenvalue weighted by molar-refractivity contribution is 5.89. The predicted octanol–water partition coefficient (Wildman–Crippen LogP) is -0.0901. The average Bonchev–Trinajstić information content (AvgIpc) is 2.96. The van der Waals surface area contributed by atoms with Crippen LogP contribution >= 0.6 is 0 Å². The third-order valence-corrected chi connectivity index (χ3v) is 3.66. The topological polar surface area (TPSA) is 95.9 Å². The summed E-state index contributed by atoms with van der Waals surface area (Å²) in [6.45, 7) is -0.176. The summed E-state index contributed by atoms with van der Waals surface area (Å²) in [5.74, 6) is -2.02. The summed E-state index contributed by atoms with van der Waals surface area (Å²) in [7, 11) is 0. The van der Waals surface area contributed by atoms with Gasteiger partial charge in [-0.05, 0) is 12.8 Å². The normalized spacial score (nSPS) is 23.9. The van der Waals surface area contributed by atoms with Gasteiger partial charge in [0, 0.05) is 19.0 Å². The fraction of sp³-hybridized carbons (Fsp3) is 0.750. The number of hydrogen-bond acceptors (Lipinski definition) is 4. The number of carboxylic acids is 1. The lowest BCUT2D eigenvalue weighted by Crippen LogP contribution is -2.37. The molecule has 19 heavy (non-hydrogen) atoms. The minimum Gasteiger partial charge on any atom is -0.479 e. The molecule has 0 spiro atoms. The van der Waals surface area contributed by atoms with Gasteiger partial charge in [0.05, 0.1) is 5.92 Å². The highest BCUT2D eigenvalue weighted by Gasteiger charge is 2.38. The van der Waals surface area contributed by atoms with Crippen LogP contribution in [0.2, 0.25) is 0 Å². The van der Waals surface area contributed by atoms with Crippen molar-refractivity contribution in [1.29, 1.82) is 0 Å². The Labute approximate surface area is 110 Å². The summed E-state index contributed by atoms with van der Waals surface area (Å²) in [5.41, 5.74) is 2.09. The van der Waals surface area contributed by atoms with Gasteiger partial charge in [0.25, 0.3) is 0 Å². The van der Waals surface area contributed by atoms with Gasteiger partial charge in [0.2, 0.25) is 11.8 Å². The van der Waals surface area contributed by atoms with E-state index in [1.165, 1.54) is 0 Å². The molecule has 1 heterocycles. The number of likely N-dealkylation sites (tertiary alicyclic amines) is 1. The van der Waals surface area contributed by atoms with Gasteiger partial charge in [-0.2, -0.15) is 0 Å². The molecule has 1 atom stereocenters. The zero-order chi connectivity index (χ0) is 13.8. The van der Waals surface area contributed by atoms with Crippen molar-refractivity contribution in [2.75, 3.05) is 13.2 Å². The summed E-state index contributed by atoms with van der Waals surface area (Å²) in [6.07, 6.45) is 4.46. The van der Waals surface area contributed by atoms with Crippen molar-refractivity contribution in [2.45, 2.75) is 38.1 Å². The monoisotopic (exact) mass is 270 g/mol. The number of aliphatic carboxylic acids is 1. The molecule has 0 aromatic carbocycles. The van der Waals surface area contributed by atoms with Crippen molar-refractivity contribution >= 4 is 17.8 Å². The molecule has 7 heteroatoms. The van der Waals surface area contributed by atoms with Crippen molar-refractivity contribution in [3.05, 3.63) is 0 Å². The number of amides is 2. The van der Waals surface area contributed by atoms with E-state index >= 15 is 0 Å². The first kappa shape index (κ1) is 13.8. The molecule has 0 bridgehead atoms. The van der Waals surface area contributed by atoms with Gasteiger partial charge in [0.15, 0.2) is 6.61 Å². The Hall–Kier alpha value is -1.63. The summed E-state index contributed by atoms with van der Waals surface area (Å²) >= 11 is 0. The molecule has 2 aliphatic rings. The third kappa shape index (κ3) is 3.44. The highest BCUT2D eigenvalue weighted by Crippen LogP contribution is 2.29. The molecule has 2 fully saturated rings. The number of nitrogens with one attached hydrogen (secondary N) is 1. The van der Waals surface area contributed by atoms with Crippen LogP contribution < -0.4 is 5.48 Å². The second-order valence-corrected chi connectivity index (χ2v) is 5.03. The second-order valence-electron chi connectivity index (χ2n) is 5.03. The molecule has 0 radical (unpaired) electrons. The largest absolute Gasteiger partial charge is 0.479 e. The maximum absolute atomic E-state index is 11.9. The van der Waals surface area contributed by atoms with Crippen LogP contribution in [0.25, 0.3) is 0 Å². The minimum atomic E-state index is -1.16. The van der Waals surface area contributed by atoms with Gasteiger partial charge >= 0.3 is 5.97 Å². The van der Waals surface area contributed by atoms with E-state index in [2.05, 4.69) is 10.3 Å². The molecule has 7 nitrogen and oxygen atoms in total.